The van der Waals surface area contributed by atoms with Crippen molar-refractivity contribution in [1.29, 1.82) is 0 Å². The summed E-state index contributed by atoms with van der Waals surface area (Å²) in [7, 11) is -3.34. The highest BCUT2D eigenvalue weighted by Crippen LogP contribution is 2.25. The molecule has 3 aromatic carbocycles. The average Bonchev–Trinajstić information content (AvgIpc) is 2.92. The number of likely N-dealkylation sites (tertiary alicyclic amines) is 1. The molecule has 8 nitrogen and oxygen atoms in total. The number of anilines is 2. The number of nitrogens with zero attached hydrogens (tertiary/aromatic N) is 2. The molecule has 1 aliphatic rings. The number of amides is 2. The fourth-order valence-electron chi connectivity index (χ4n) is 4.60. The zero-order chi connectivity index (χ0) is 29.4. The summed E-state index contributed by atoms with van der Waals surface area (Å²) in [6.45, 7) is 6.23. The Morgan fingerprint density at radius 1 is 1.05 bits per heavy atom. The Labute approximate surface area is 251 Å². The third-order valence-electron chi connectivity index (χ3n) is 6.64. The molecule has 2 N–H and O–H groups in total. The number of piperidine rings is 1. The van der Waals surface area contributed by atoms with Crippen LogP contribution in [0.25, 0.3) is 0 Å². The van der Waals surface area contributed by atoms with Gasteiger partial charge in [-0.15, -0.1) is 19.0 Å². The summed E-state index contributed by atoms with van der Waals surface area (Å²) in [6, 6.07) is 17.2. The molecule has 12 heteroatoms. The first-order valence-corrected chi connectivity index (χ1v) is 15.2. The Morgan fingerprint density at radius 3 is 2.24 bits per heavy atom. The monoisotopic (exact) mass is 620 g/mol. The van der Waals surface area contributed by atoms with Crippen LogP contribution in [-0.4, -0.2) is 51.3 Å². The van der Waals surface area contributed by atoms with Gasteiger partial charge >= 0.3 is 6.03 Å². The Bertz CT molecular complexity index is 1450. The van der Waals surface area contributed by atoms with Gasteiger partial charge in [-0.1, -0.05) is 18.2 Å². The first-order valence-electron chi connectivity index (χ1n) is 13.3. The molecule has 0 saturated carbocycles. The van der Waals surface area contributed by atoms with Crippen LogP contribution >= 0.6 is 12.4 Å². The number of hydrogen-bond acceptors (Lipinski definition) is 5. The molecule has 1 fully saturated rings. The van der Waals surface area contributed by atoms with Gasteiger partial charge in [0.1, 0.15) is 23.1 Å². The minimum absolute atomic E-state index is 0. The third-order valence-corrected chi connectivity index (χ3v) is 7.25. The molecule has 0 radical (unpaired) electrons. The first kappa shape index (κ1) is 32.8. The van der Waals surface area contributed by atoms with E-state index < -0.39 is 27.7 Å². The number of ether oxygens (including phenoxy) is 1. The van der Waals surface area contributed by atoms with Crippen LogP contribution in [-0.2, 0) is 16.6 Å². The molecule has 0 bridgehead atoms. The van der Waals surface area contributed by atoms with E-state index in [-0.39, 0.29) is 30.7 Å². The zero-order valence-electron chi connectivity index (χ0n) is 23.3. The van der Waals surface area contributed by atoms with Crippen LogP contribution in [0.1, 0.15) is 24.8 Å². The Morgan fingerprint density at radius 2 is 1.67 bits per heavy atom. The van der Waals surface area contributed by atoms with Gasteiger partial charge in [0.25, 0.3) is 0 Å². The van der Waals surface area contributed by atoms with Gasteiger partial charge in [-0.3, -0.25) is 14.5 Å². The van der Waals surface area contributed by atoms with Crippen molar-refractivity contribution in [3.8, 4) is 11.5 Å². The lowest BCUT2D eigenvalue weighted by Gasteiger charge is -2.34. The van der Waals surface area contributed by atoms with E-state index in [0.29, 0.717) is 23.6 Å². The van der Waals surface area contributed by atoms with Gasteiger partial charge < -0.3 is 10.1 Å². The molecular weight excluding hydrogens is 586 g/mol. The van der Waals surface area contributed by atoms with Crippen LogP contribution in [0.3, 0.4) is 0 Å². The second kappa shape index (κ2) is 15.0. The van der Waals surface area contributed by atoms with Crippen molar-refractivity contribution in [2.45, 2.75) is 31.8 Å². The summed E-state index contributed by atoms with van der Waals surface area (Å²) >= 11 is 0. The van der Waals surface area contributed by atoms with Crippen molar-refractivity contribution < 1.29 is 26.7 Å². The van der Waals surface area contributed by atoms with Crippen LogP contribution in [0.5, 0.6) is 11.5 Å². The second-order valence-electron chi connectivity index (χ2n) is 9.97. The van der Waals surface area contributed by atoms with Crippen LogP contribution < -0.4 is 19.7 Å². The van der Waals surface area contributed by atoms with Crippen molar-refractivity contribution in [1.82, 2.24) is 10.2 Å². The molecule has 0 aliphatic carbocycles. The predicted molar refractivity (Wildman–Crippen MR) is 164 cm³/mol. The Hall–Kier alpha value is -3.67. The number of sulfonamides is 1. The van der Waals surface area contributed by atoms with Crippen molar-refractivity contribution in [2.24, 2.45) is 0 Å². The molecule has 1 aliphatic heterocycles. The van der Waals surface area contributed by atoms with Gasteiger partial charge in [-0.2, -0.15) is 0 Å². The van der Waals surface area contributed by atoms with E-state index in [1.54, 1.807) is 30.3 Å². The van der Waals surface area contributed by atoms with E-state index >= 15 is 0 Å². The average molecular weight is 621 g/mol. The van der Waals surface area contributed by atoms with Gasteiger partial charge in [0, 0.05) is 44.0 Å². The molecule has 3 aromatic rings. The number of rotatable bonds is 11. The first-order chi connectivity index (χ1) is 19.6. The number of benzene rings is 3. The van der Waals surface area contributed by atoms with Crippen LogP contribution in [0.2, 0.25) is 0 Å². The number of nitrogens with one attached hydrogen (secondary N) is 2. The molecule has 0 unspecified atom stereocenters. The lowest BCUT2D eigenvalue weighted by molar-refractivity contribution is 0.188. The zero-order valence-corrected chi connectivity index (χ0v) is 24.9. The second-order valence-corrected chi connectivity index (χ2v) is 11.7. The summed E-state index contributed by atoms with van der Waals surface area (Å²) in [5.74, 6) is -0.222. The maximum absolute atomic E-state index is 14.4. The maximum atomic E-state index is 14.4. The quantitative estimate of drug-likeness (QED) is 0.245. The minimum atomic E-state index is -3.34. The fraction of sp³-hybridized carbons (Fsp3) is 0.300. The molecule has 226 valence electrons. The molecule has 2 amide bonds. The Balaban J connectivity index is 0.00000484. The number of carbonyl (C=O) groups excluding carboxylic acids is 1. The Kier molecular flexibility index (Phi) is 11.7. The van der Waals surface area contributed by atoms with E-state index in [1.807, 2.05) is 24.3 Å². The highest BCUT2D eigenvalue weighted by Gasteiger charge is 2.25. The molecule has 0 atom stereocenters. The highest BCUT2D eigenvalue weighted by atomic mass is 35.5. The summed E-state index contributed by atoms with van der Waals surface area (Å²) in [6.07, 6.45) is 4.72. The van der Waals surface area contributed by atoms with Gasteiger partial charge in [0.2, 0.25) is 10.0 Å². The SMILES string of the molecule is C=CCCN(C(=O)NC1CCN(Cc2ccc(Oc3ccc(NS(C)(=O)=O)cc3)cc2)CC1)c1ccc(F)cc1F.Cl. The molecule has 4 rings (SSSR count). The number of hydrogen-bond donors (Lipinski definition) is 2. The topological polar surface area (TPSA) is 91.0 Å². The molecule has 1 saturated heterocycles. The van der Waals surface area contributed by atoms with Gasteiger partial charge in [-0.05, 0) is 73.4 Å². The van der Waals surface area contributed by atoms with Crippen LogP contribution in [0, 0.1) is 11.6 Å². The smallest absolute Gasteiger partial charge is 0.322 e. The number of urea groups is 1. The fourth-order valence-corrected chi connectivity index (χ4v) is 5.17. The van der Waals surface area contributed by atoms with Crippen molar-refractivity contribution >= 4 is 39.8 Å². The maximum Gasteiger partial charge on any atom is 0.322 e. The molecule has 0 spiro atoms. The lowest BCUT2D eigenvalue weighted by atomic mass is 10.0. The van der Waals surface area contributed by atoms with Gasteiger partial charge in [-0.25, -0.2) is 22.0 Å². The summed E-state index contributed by atoms with van der Waals surface area (Å²) in [5, 5.41) is 3.01. The predicted octanol–water partition coefficient (Wildman–Crippen LogP) is 6.31. The van der Waals surface area contributed by atoms with E-state index in [0.717, 1.165) is 56.4 Å². The van der Waals surface area contributed by atoms with E-state index in [1.165, 1.54) is 11.0 Å². The van der Waals surface area contributed by atoms with Crippen molar-refractivity contribution in [2.75, 3.05) is 35.5 Å². The van der Waals surface area contributed by atoms with Crippen LogP contribution in [0.15, 0.2) is 79.4 Å². The van der Waals surface area contributed by atoms with E-state index in [2.05, 4.69) is 21.5 Å². The van der Waals surface area contributed by atoms with Gasteiger partial charge in [0.15, 0.2) is 0 Å². The molecule has 1 heterocycles. The van der Waals surface area contributed by atoms with Gasteiger partial charge in [0.05, 0.1) is 11.9 Å². The summed E-state index contributed by atoms with van der Waals surface area (Å²) in [4.78, 5) is 16.6. The van der Waals surface area contributed by atoms with Crippen LogP contribution in [0.4, 0.5) is 25.0 Å². The standard InChI is InChI=1S/C30H34F2N4O4S.ClH/c1-3-4-17-36(29-14-7-23(31)20-28(29)32)30(37)33-24-15-18-35(19-16-24)21-22-5-10-26(11-6-22)40-27-12-8-25(9-13-27)34-41(2,38)39;/h3,5-14,20,24,34H,1,4,15-19,21H2,2H3,(H,33,37);1H. The molecule has 42 heavy (non-hydrogen) atoms. The van der Waals surface area contributed by atoms with E-state index in [9.17, 15) is 22.0 Å². The summed E-state index contributed by atoms with van der Waals surface area (Å²) in [5.41, 5.74) is 1.62. The largest absolute Gasteiger partial charge is 0.457 e. The highest BCUT2D eigenvalue weighted by molar-refractivity contribution is 7.92. The third kappa shape index (κ3) is 9.71. The van der Waals surface area contributed by atoms with Crippen molar-refractivity contribution in [3.05, 3.63) is 96.6 Å². The normalized spacial score (nSPS) is 14.0. The molecule has 0 aromatic heterocycles. The summed E-state index contributed by atoms with van der Waals surface area (Å²) < 4.78 is 58.8. The number of halogens is 3. The van der Waals surface area contributed by atoms with Crippen molar-refractivity contribution in [3.63, 3.8) is 0 Å². The molecular formula is C30H35ClF2N4O4S. The minimum Gasteiger partial charge on any atom is -0.457 e. The lowest BCUT2D eigenvalue weighted by Crippen LogP contribution is -2.49. The number of carbonyl (C=O) groups is 1. The van der Waals surface area contributed by atoms with E-state index in [4.69, 9.17) is 4.74 Å².